The lowest BCUT2D eigenvalue weighted by molar-refractivity contribution is -0.0466. The van der Waals surface area contributed by atoms with Crippen molar-refractivity contribution in [1.82, 2.24) is 4.90 Å². The van der Waals surface area contributed by atoms with Crippen LogP contribution < -0.4 is 5.73 Å². The fourth-order valence-corrected chi connectivity index (χ4v) is 5.18. The van der Waals surface area contributed by atoms with Crippen LogP contribution in [0.3, 0.4) is 0 Å². The first kappa shape index (κ1) is 13.7. The zero-order valence-corrected chi connectivity index (χ0v) is 12.5. The highest BCUT2D eigenvalue weighted by atomic mass is 32.2. The summed E-state index contributed by atoms with van der Waals surface area (Å²) in [6.07, 6.45) is 6.69. The third kappa shape index (κ3) is 2.26. The highest BCUT2D eigenvalue weighted by Gasteiger charge is 2.50. The maximum atomic E-state index is 6.23. The van der Waals surface area contributed by atoms with Crippen molar-refractivity contribution in [2.45, 2.75) is 57.5 Å². The molecule has 0 bridgehead atoms. The molecule has 2 rings (SSSR count). The number of hydrogen-bond donors (Lipinski definition) is 1. The van der Waals surface area contributed by atoms with Gasteiger partial charge in [0.05, 0.1) is 0 Å². The van der Waals surface area contributed by atoms with Gasteiger partial charge in [0.1, 0.15) is 0 Å². The number of likely N-dealkylation sites (N-methyl/N-ethyl adjacent to an activating group) is 1. The maximum absolute atomic E-state index is 6.23. The number of thioether (sulfide) groups is 1. The zero-order valence-electron chi connectivity index (χ0n) is 11.7. The van der Waals surface area contributed by atoms with Crippen LogP contribution >= 0.6 is 11.8 Å². The fraction of sp³-hybridized carbons (Fsp3) is 1.00. The van der Waals surface area contributed by atoms with Crippen LogP contribution in [0.4, 0.5) is 0 Å². The Morgan fingerprint density at radius 1 is 1.29 bits per heavy atom. The lowest BCUT2D eigenvalue weighted by Gasteiger charge is -2.56. The van der Waals surface area contributed by atoms with Crippen molar-refractivity contribution in [3.8, 4) is 0 Å². The Morgan fingerprint density at radius 2 is 2.00 bits per heavy atom. The molecule has 1 heterocycles. The standard InChI is InChI=1S/C14H28N2S/c1-13(2)7-4-5-8-14(13,11-15)16(3)12-6-9-17-10-12/h12H,4-11,15H2,1-3H3. The molecule has 0 aromatic carbocycles. The molecule has 3 heteroatoms. The van der Waals surface area contributed by atoms with Gasteiger partial charge in [-0.25, -0.2) is 0 Å². The molecular weight excluding hydrogens is 228 g/mol. The van der Waals surface area contributed by atoms with Crippen molar-refractivity contribution < 1.29 is 0 Å². The summed E-state index contributed by atoms with van der Waals surface area (Å²) >= 11 is 2.10. The summed E-state index contributed by atoms with van der Waals surface area (Å²) in [5.41, 5.74) is 6.83. The molecule has 0 spiro atoms. The smallest absolute Gasteiger partial charge is 0.0382 e. The highest BCUT2D eigenvalue weighted by molar-refractivity contribution is 7.99. The van der Waals surface area contributed by atoms with E-state index in [2.05, 4.69) is 37.6 Å². The van der Waals surface area contributed by atoms with E-state index in [9.17, 15) is 0 Å². The summed E-state index contributed by atoms with van der Waals surface area (Å²) in [5.74, 6) is 2.63. The van der Waals surface area contributed by atoms with E-state index in [1.165, 1.54) is 43.6 Å². The van der Waals surface area contributed by atoms with E-state index in [4.69, 9.17) is 5.73 Å². The van der Waals surface area contributed by atoms with Crippen LogP contribution in [0.5, 0.6) is 0 Å². The molecular formula is C14H28N2S. The minimum absolute atomic E-state index is 0.237. The normalized spacial score (nSPS) is 37.6. The molecule has 2 nitrogen and oxygen atoms in total. The largest absolute Gasteiger partial charge is 0.329 e. The van der Waals surface area contributed by atoms with Gasteiger partial charge in [-0.1, -0.05) is 26.7 Å². The predicted octanol–water partition coefficient (Wildman–Crippen LogP) is 2.72. The second-order valence-corrected chi connectivity index (χ2v) is 7.60. The molecule has 0 amide bonds. The van der Waals surface area contributed by atoms with Gasteiger partial charge < -0.3 is 5.73 Å². The van der Waals surface area contributed by atoms with Crippen LogP contribution in [0.1, 0.15) is 46.0 Å². The molecule has 100 valence electrons. The van der Waals surface area contributed by atoms with E-state index < -0.39 is 0 Å². The summed E-state index contributed by atoms with van der Waals surface area (Å²) in [6.45, 7) is 5.67. The summed E-state index contributed by atoms with van der Waals surface area (Å²) in [7, 11) is 2.33. The SMILES string of the molecule is CN(C1CCSC1)C1(CN)CCCCC1(C)C. The second kappa shape index (κ2) is 5.10. The van der Waals surface area contributed by atoms with E-state index in [-0.39, 0.29) is 5.54 Å². The lowest BCUT2D eigenvalue weighted by atomic mass is 9.62. The van der Waals surface area contributed by atoms with Gasteiger partial charge in [-0.2, -0.15) is 11.8 Å². The average molecular weight is 256 g/mol. The first-order valence-corrected chi connectivity index (χ1v) is 8.20. The van der Waals surface area contributed by atoms with E-state index in [0.717, 1.165) is 12.6 Å². The van der Waals surface area contributed by atoms with Gasteiger partial charge in [-0.15, -0.1) is 0 Å². The van der Waals surface area contributed by atoms with Gasteiger partial charge in [0.2, 0.25) is 0 Å². The minimum Gasteiger partial charge on any atom is -0.329 e. The molecule has 0 aromatic rings. The van der Waals surface area contributed by atoms with E-state index >= 15 is 0 Å². The van der Waals surface area contributed by atoms with Crippen LogP contribution in [-0.2, 0) is 0 Å². The van der Waals surface area contributed by atoms with Gasteiger partial charge in [-0.3, -0.25) is 4.90 Å². The number of nitrogens with two attached hydrogens (primary N) is 1. The van der Waals surface area contributed by atoms with E-state index in [0.29, 0.717) is 5.41 Å². The van der Waals surface area contributed by atoms with Gasteiger partial charge in [0.15, 0.2) is 0 Å². The first-order valence-electron chi connectivity index (χ1n) is 7.04. The van der Waals surface area contributed by atoms with Crippen molar-refractivity contribution in [3.05, 3.63) is 0 Å². The minimum atomic E-state index is 0.237. The van der Waals surface area contributed by atoms with Crippen LogP contribution in [-0.4, -0.2) is 41.6 Å². The summed E-state index contributed by atoms with van der Waals surface area (Å²) < 4.78 is 0. The predicted molar refractivity (Wildman–Crippen MR) is 77.5 cm³/mol. The Morgan fingerprint density at radius 3 is 2.53 bits per heavy atom. The maximum Gasteiger partial charge on any atom is 0.0382 e. The number of rotatable bonds is 3. The summed E-state index contributed by atoms with van der Waals surface area (Å²) in [5, 5.41) is 0. The molecule has 1 aliphatic carbocycles. The van der Waals surface area contributed by atoms with E-state index in [1.54, 1.807) is 0 Å². The molecule has 1 saturated heterocycles. The van der Waals surface area contributed by atoms with Gasteiger partial charge in [0.25, 0.3) is 0 Å². The van der Waals surface area contributed by atoms with Crippen LogP contribution in [0.2, 0.25) is 0 Å². The van der Waals surface area contributed by atoms with Crippen LogP contribution in [0.25, 0.3) is 0 Å². The van der Waals surface area contributed by atoms with Crippen molar-refractivity contribution in [1.29, 1.82) is 0 Å². The van der Waals surface area contributed by atoms with Gasteiger partial charge in [-0.05, 0) is 37.5 Å². The molecule has 0 radical (unpaired) electrons. The first-order chi connectivity index (χ1) is 8.03. The van der Waals surface area contributed by atoms with E-state index in [1.807, 2.05) is 0 Å². The molecule has 1 aliphatic heterocycles. The quantitative estimate of drug-likeness (QED) is 0.842. The van der Waals surface area contributed by atoms with Crippen LogP contribution in [0, 0.1) is 5.41 Å². The number of hydrogen-bond acceptors (Lipinski definition) is 3. The Balaban J connectivity index is 2.21. The Bertz CT molecular complexity index is 261. The second-order valence-electron chi connectivity index (χ2n) is 6.46. The fourth-order valence-electron chi connectivity index (χ4n) is 3.91. The monoisotopic (exact) mass is 256 g/mol. The summed E-state index contributed by atoms with van der Waals surface area (Å²) in [6, 6.07) is 0.751. The van der Waals surface area contributed by atoms with Crippen LogP contribution in [0.15, 0.2) is 0 Å². The van der Waals surface area contributed by atoms with Gasteiger partial charge in [0, 0.05) is 23.9 Å². The molecule has 1 saturated carbocycles. The van der Waals surface area contributed by atoms with Crippen molar-refractivity contribution in [2.24, 2.45) is 11.1 Å². The number of nitrogens with zero attached hydrogens (tertiary/aromatic N) is 1. The zero-order chi connectivity index (χ0) is 12.5. The average Bonchev–Trinajstić information content (AvgIpc) is 2.81. The highest BCUT2D eigenvalue weighted by Crippen LogP contribution is 2.48. The molecule has 2 aliphatic rings. The Labute approximate surface area is 111 Å². The molecule has 2 N–H and O–H groups in total. The Kier molecular flexibility index (Phi) is 4.11. The lowest BCUT2D eigenvalue weighted by Crippen LogP contribution is -2.65. The molecule has 0 aromatic heterocycles. The molecule has 17 heavy (non-hydrogen) atoms. The van der Waals surface area contributed by atoms with Crippen molar-refractivity contribution >= 4 is 11.8 Å². The van der Waals surface area contributed by atoms with Gasteiger partial charge >= 0.3 is 0 Å². The van der Waals surface area contributed by atoms with Crippen molar-refractivity contribution in [3.63, 3.8) is 0 Å². The molecule has 2 fully saturated rings. The third-order valence-electron chi connectivity index (χ3n) is 5.37. The molecule has 2 unspecified atom stereocenters. The third-order valence-corrected chi connectivity index (χ3v) is 6.51. The summed E-state index contributed by atoms with van der Waals surface area (Å²) in [4.78, 5) is 2.66. The molecule has 2 atom stereocenters. The van der Waals surface area contributed by atoms with Crippen molar-refractivity contribution in [2.75, 3.05) is 25.1 Å². The Hall–Kier alpha value is 0.270. The topological polar surface area (TPSA) is 29.3 Å².